The predicted molar refractivity (Wildman–Crippen MR) is 88.2 cm³/mol. The van der Waals surface area contributed by atoms with Crippen molar-refractivity contribution in [3.05, 3.63) is 59.7 Å². The number of carbonyl (C=O) groups is 1. The monoisotopic (exact) mass is 350 g/mol. The molecule has 0 spiro atoms. The van der Waals surface area contributed by atoms with Crippen LogP contribution in [0.15, 0.2) is 48.5 Å². The molecule has 1 amide bonds. The number of hydrogen-bond donors (Lipinski definition) is 2. The van der Waals surface area contributed by atoms with Crippen LogP contribution in [0.4, 0.5) is 0 Å². The van der Waals surface area contributed by atoms with Crippen molar-refractivity contribution in [2.75, 3.05) is 13.7 Å². The highest BCUT2D eigenvalue weighted by Gasteiger charge is 2.11. The second-order valence-electron chi connectivity index (χ2n) is 5.38. The van der Waals surface area contributed by atoms with Crippen LogP contribution >= 0.6 is 0 Å². The third kappa shape index (κ3) is 5.76. The summed E-state index contributed by atoms with van der Waals surface area (Å²) in [4.78, 5) is 10.8. The van der Waals surface area contributed by atoms with E-state index in [-0.39, 0.29) is 19.0 Å². The first kappa shape index (κ1) is 19.8. The van der Waals surface area contributed by atoms with Gasteiger partial charge in [-0.2, -0.15) is 0 Å². The summed E-state index contributed by atoms with van der Waals surface area (Å²) in [5.74, 6) is 0.608. The Morgan fingerprint density at radius 1 is 1.17 bits per heavy atom. The van der Waals surface area contributed by atoms with E-state index in [1.54, 1.807) is 13.2 Å². The molecule has 0 fully saturated rings. The summed E-state index contributed by atoms with van der Waals surface area (Å²) in [6.07, 6.45) is 0. The number of rotatable bonds is 8. The van der Waals surface area contributed by atoms with Crippen LogP contribution in [0.5, 0.6) is 11.5 Å². The molecule has 130 valence electrons. The lowest BCUT2D eigenvalue weighted by Gasteiger charge is -2.13. The number of quaternary nitrogens is 1. The first-order valence-electron chi connectivity index (χ1n) is 7.56. The molecule has 0 aromatic heterocycles. The van der Waals surface area contributed by atoms with Gasteiger partial charge in [-0.1, -0.05) is 30.3 Å². The van der Waals surface area contributed by atoms with Crippen LogP contribution < -0.4 is 32.9 Å². The van der Waals surface area contributed by atoms with Gasteiger partial charge in [0.25, 0.3) is 5.91 Å². The quantitative estimate of drug-likeness (QED) is 0.601. The van der Waals surface area contributed by atoms with Gasteiger partial charge in [0.2, 0.25) is 0 Å². The van der Waals surface area contributed by atoms with Crippen LogP contribution in [0.3, 0.4) is 0 Å². The minimum absolute atomic E-state index is 0. The van der Waals surface area contributed by atoms with Gasteiger partial charge >= 0.3 is 0 Å². The average molecular weight is 351 g/mol. The summed E-state index contributed by atoms with van der Waals surface area (Å²) in [5.41, 5.74) is 7.50. The Labute approximate surface area is 148 Å². The maximum atomic E-state index is 10.8. The van der Waals surface area contributed by atoms with Crippen LogP contribution in [0, 0.1) is 0 Å². The zero-order valence-corrected chi connectivity index (χ0v) is 14.6. The van der Waals surface area contributed by atoms with Crippen LogP contribution in [0.1, 0.15) is 24.1 Å². The Kier molecular flexibility index (Phi) is 8.09. The van der Waals surface area contributed by atoms with Gasteiger partial charge in [-0.05, 0) is 25.1 Å². The number of hydrogen-bond acceptors (Lipinski definition) is 3. The van der Waals surface area contributed by atoms with Crippen LogP contribution in [0.25, 0.3) is 0 Å². The smallest absolute Gasteiger partial charge is 0.255 e. The number of nitrogens with two attached hydrogens (primary N) is 2. The van der Waals surface area contributed by atoms with Crippen LogP contribution in [-0.2, 0) is 11.3 Å². The summed E-state index contributed by atoms with van der Waals surface area (Å²) in [6.45, 7) is 2.84. The largest absolute Gasteiger partial charge is 1.00 e. The van der Waals surface area contributed by atoms with Crippen molar-refractivity contribution in [2.24, 2.45) is 5.73 Å². The minimum Gasteiger partial charge on any atom is -1.00 e. The van der Waals surface area contributed by atoms with Gasteiger partial charge in [-0.15, -0.1) is 0 Å². The molecule has 2 rings (SSSR count). The van der Waals surface area contributed by atoms with Gasteiger partial charge in [0.15, 0.2) is 18.1 Å². The number of primary amides is 1. The third-order valence-corrected chi connectivity index (χ3v) is 3.63. The minimum atomic E-state index is -0.513. The normalized spacial score (nSPS) is 11.2. The summed E-state index contributed by atoms with van der Waals surface area (Å²) < 4.78 is 10.6. The van der Waals surface area contributed by atoms with E-state index >= 15 is 0 Å². The molecule has 5 nitrogen and oxygen atoms in total. The first-order chi connectivity index (χ1) is 11.1. The van der Waals surface area contributed by atoms with Crippen molar-refractivity contribution in [3.8, 4) is 11.5 Å². The van der Waals surface area contributed by atoms with Crippen molar-refractivity contribution in [1.29, 1.82) is 0 Å². The first-order valence-corrected chi connectivity index (χ1v) is 7.56. The van der Waals surface area contributed by atoms with Crippen molar-refractivity contribution in [1.82, 2.24) is 0 Å². The molecule has 0 aliphatic rings. The highest BCUT2D eigenvalue weighted by Crippen LogP contribution is 2.27. The number of methoxy groups -OCH3 is 1. The molecule has 6 heteroatoms. The van der Waals surface area contributed by atoms with E-state index in [4.69, 9.17) is 15.2 Å². The van der Waals surface area contributed by atoms with E-state index in [9.17, 15) is 4.79 Å². The third-order valence-electron chi connectivity index (χ3n) is 3.63. The highest BCUT2D eigenvalue weighted by molar-refractivity contribution is 5.75. The van der Waals surface area contributed by atoms with Crippen molar-refractivity contribution in [2.45, 2.75) is 19.5 Å². The summed E-state index contributed by atoms with van der Waals surface area (Å²) in [7, 11) is 1.58. The second-order valence-corrected chi connectivity index (χ2v) is 5.38. The van der Waals surface area contributed by atoms with Gasteiger partial charge in [0.05, 0.1) is 7.11 Å². The molecule has 2 aromatic rings. The van der Waals surface area contributed by atoms with Gasteiger partial charge < -0.3 is 32.9 Å². The molecule has 1 unspecified atom stereocenters. The van der Waals surface area contributed by atoms with Crippen LogP contribution in [-0.4, -0.2) is 19.6 Å². The van der Waals surface area contributed by atoms with Crippen LogP contribution in [0.2, 0.25) is 0 Å². The Morgan fingerprint density at radius 2 is 1.88 bits per heavy atom. The second kappa shape index (κ2) is 9.80. The number of amides is 1. The Balaban J connectivity index is 0.00000288. The maximum absolute atomic E-state index is 10.8. The molecule has 0 bridgehead atoms. The lowest BCUT2D eigenvalue weighted by molar-refractivity contribution is -0.707. The molecule has 0 saturated carbocycles. The zero-order chi connectivity index (χ0) is 16.7. The summed E-state index contributed by atoms with van der Waals surface area (Å²) in [6, 6.07) is 16.4. The molecular formula is C18H23ClN2O3. The molecule has 4 N–H and O–H groups in total. The number of carbonyl (C=O) groups excluding carboxylic acids is 1. The van der Waals surface area contributed by atoms with E-state index in [1.165, 1.54) is 5.56 Å². The molecule has 0 heterocycles. The molecule has 0 saturated heterocycles. The summed E-state index contributed by atoms with van der Waals surface area (Å²) >= 11 is 0. The fourth-order valence-electron chi connectivity index (χ4n) is 2.31. The molecule has 24 heavy (non-hydrogen) atoms. The lowest BCUT2D eigenvalue weighted by Crippen LogP contribution is -3.00. The Bertz CT molecular complexity index is 650. The van der Waals surface area contributed by atoms with Gasteiger partial charge in [-0.25, -0.2) is 0 Å². The van der Waals surface area contributed by atoms with E-state index in [0.717, 1.165) is 12.1 Å². The molecule has 0 aliphatic heterocycles. The van der Waals surface area contributed by atoms with Crippen molar-refractivity contribution < 1.29 is 32.0 Å². The zero-order valence-electron chi connectivity index (χ0n) is 13.9. The fourth-order valence-corrected chi connectivity index (χ4v) is 2.31. The molecule has 2 aromatic carbocycles. The molecule has 0 aliphatic carbocycles. The van der Waals surface area contributed by atoms with E-state index in [1.807, 2.05) is 30.3 Å². The Morgan fingerprint density at radius 3 is 2.50 bits per heavy atom. The van der Waals surface area contributed by atoms with E-state index < -0.39 is 5.91 Å². The number of halogens is 1. The highest BCUT2D eigenvalue weighted by atomic mass is 35.5. The number of ether oxygens (including phenoxy) is 2. The van der Waals surface area contributed by atoms with Gasteiger partial charge in [0, 0.05) is 11.1 Å². The number of benzene rings is 2. The fraction of sp³-hybridized carbons (Fsp3) is 0.278. The average Bonchev–Trinajstić information content (AvgIpc) is 2.58. The SMILES string of the molecule is COc1cc(C[NH2+]C(C)c2ccccc2)ccc1OCC(N)=O.[Cl-]. The molecular weight excluding hydrogens is 328 g/mol. The predicted octanol–water partition coefficient (Wildman–Crippen LogP) is -1.61. The summed E-state index contributed by atoms with van der Waals surface area (Å²) in [5, 5.41) is 2.26. The molecule has 1 atom stereocenters. The lowest BCUT2D eigenvalue weighted by atomic mass is 10.1. The molecule has 0 radical (unpaired) electrons. The maximum Gasteiger partial charge on any atom is 0.255 e. The van der Waals surface area contributed by atoms with E-state index in [0.29, 0.717) is 17.5 Å². The standard InChI is InChI=1S/C18H22N2O3.ClH/c1-13(15-6-4-3-5-7-15)20-11-14-8-9-16(17(10-14)22-2)23-12-18(19)21;/h3-10,13,20H,11-12H2,1-2H3,(H2,19,21);1H. The Hall–Kier alpha value is -2.24. The van der Waals surface area contributed by atoms with Crippen molar-refractivity contribution in [3.63, 3.8) is 0 Å². The van der Waals surface area contributed by atoms with E-state index in [2.05, 4.69) is 24.4 Å². The van der Waals surface area contributed by atoms with Gasteiger partial charge in [-0.3, -0.25) is 4.79 Å². The van der Waals surface area contributed by atoms with Crippen molar-refractivity contribution >= 4 is 5.91 Å². The topological polar surface area (TPSA) is 78.2 Å². The van der Waals surface area contributed by atoms with Gasteiger partial charge in [0.1, 0.15) is 12.6 Å².